The molecule has 1 fully saturated rings. The SMILES string of the molecule is CC(C)(C)OC(=O)C(N)[C@H]1CNC[C@@H]1C(N)C(=O)OC(C)(C)C. The van der Waals surface area contributed by atoms with Crippen LogP contribution in [0.3, 0.4) is 0 Å². The second-order valence-electron chi connectivity index (χ2n) is 8.10. The van der Waals surface area contributed by atoms with Crippen LogP contribution in [0.15, 0.2) is 0 Å². The molecule has 0 aromatic rings. The van der Waals surface area contributed by atoms with Crippen LogP contribution in [-0.4, -0.2) is 48.3 Å². The average Bonchev–Trinajstić information content (AvgIpc) is 2.81. The van der Waals surface area contributed by atoms with Gasteiger partial charge in [-0.1, -0.05) is 0 Å². The molecular formula is C16H31N3O4. The molecule has 0 radical (unpaired) electrons. The van der Waals surface area contributed by atoms with E-state index in [0.717, 1.165) is 0 Å². The lowest BCUT2D eigenvalue weighted by atomic mass is 9.84. The van der Waals surface area contributed by atoms with Crippen molar-refractivity contribution in [2.75, 3.05) is 13.1 Å². The third kappa shape index (κ3) is 6.08. The van der Waals surface area contributed by atoms with Gasteiger partial charge >= 0.3 is 11.9 Å². The molecule has 4 atom stereocenters. The van der Waals surface area contributed by atoms with E-state index < -0.39 is 35.2 Å². The lowest BCUT2D eigenvalue weighted by Crippen LogP contribution is -2.51. The minimum atomic E-state index is -0.831. The number of ether oxygens (including phenoxy) is 2. The van der Waals surface area contributed by atoms with Gasteiger partial charge in [-0.25, -0.2) is 0 Å². The van der Waals surface area contributed by atoms with Crippen molar-refractivity contribution < 1.29 is 19.1 Å². The summed E-state index contributed by atoms with van der Waals surface area (Å²) in [4.78, 5) is 24.4. The molecule has 1 aliphatic heterocycles. The molecule has 7 heteroatoms. The number of carbonyl (C=O) groups is 2. The van der Waals surface area contributed by atoms with Crippen LogP contribution in [0, 0.1) is 11.8 Å². The number of nitrogens with one attached hydrogen (secondary N) is 1. The zero-order chi connectivity index (χ0) is 18.0. The van der Waals surface area contributed by atoms with Gasteiger partial charge in [-0.15, -0.1) is 0 Å². The van der Waals surface area contributed by atoms with Crippen LogP contribution >= 0.6 is 0 Å². The molecule has 0 bridgehead atoms. The van der Waals surface area contributed by atoms with Crippen LogP contribution in [-0.2, 0) is 19.1 Å². The van der Waals surface area contributed by atoms with Crippen LogP contribution in [0.2, 0.25) is 0 Å². The number of hydrogen-bond acceptors (Lipinski definition) is 7. The van der Waals surface area contributed by atoms with E-state index in [1.807, 2.05) is 0 Å². The third-order valence-electron chi connectivity index (χ3n) is 3.59. The van der Waals surface area contributed by atoms with Crippen molar-refractivity contribution in [2.24, 2.45) is 23.3 Å². The van der Waals surface area contributed by atoms with E-state index in [4.69, 9.17) is 20.9 Å². The Morgan fingerprint density at radius 3 is 1.43 bits per heavy atom. The minimum Gasteiger partial charge on any atom is -0.459 e. The smallest absolute Gasteiger partial charge is 0.323 e. The summed E-state index contributed by atoms with van der Waals surface area (Å²) in [6.07, 6.45) is 0. The van der Waals surface area contributed by atoms with Gasteiger partial charge in [0.15, 0.2) is 0 Å². The Bertz CT molecular complexity index is 400. The molecule has 1 saturated heterocycles. The summed E-state index contributed by atoms with van der Waals surface area (Å²) < 4.78 is 10.7. The molecule has 0 saturated carbocycles. The molecule has 0 aromatic carbocycles. The fourth-order valence-electron chi connectivity index (χ4n) is 2.60. The van der Waals surface area contributed by atoms with Crippen LogP contribution in [0.1, 0.15) is 41.5 Å². The third-order valence-corrected chi connectivity index (χ3v) is 3.59. The van der Waals surface area contributed by atoms with Crippen molar-refractivity contribution in [3.05, 3.63) is 0 Å². The first-order chi connectivity index (χ1) is 10.3. The van der Waals surface area contributed by atoms with Crippen molar-refractivity contribution in [3.8, 4) is 0 Å². The Morgan fingerprint density at radius 2 is 1.17 bits per heavy atom. The number of hydrogen-bond donors (Lipinski definition) is 3. The highest BCUT2D eigenvalue weighted by Gasteiger charge is 2.43. The van der Waals surface area contributed by atoms with E-state index in [1.165, 1.54) is 0 Å². The summed E-state index contributed by atoms with van der Waals surface area (Å²) in [5.41, 5.74) is 10.9. The molecule has 23 heavy (non-hydrogen) atoms. The zero-order valence-corrected chi connectivity index (χ0v) is 15.0. The predicted octanol–water partition coefficient (Wildman–Crippen LogP) is 0.160. The Morgan fingerprint density at radius 1 is 0.870 bits per heavy atom. The molecule has 7 nitrogen and oxygen atoms in total. The zero-order valence-electron chi connectivity index (χ0n) is 15.0. The fourth-order valence-corrected chi connectivity index (χ4v) is 2.60. The number of rotatable bonds is 4. The molecule has 0 aliphatic carbocycles. The molecule has 0 amide bonds. The van der Waals surface area contributed by atoms with Gasteiger partial charge in [0.05, 0.1) is 0 Å². The molecule has 1 heterocycles. The highest BCUT2D eigenvalue weighted by Crippen LogP contribution is 2.25. The van der Waals surface area contributed by atoms with Gasteiger partial charge in [-0.3, -0.25) is 9.59 Å². The standard InChI is InChI=1S/C16H31N3O4/c1-15(2,3)22-13(20)11(17)9-7-19-8-10(9)12(18)14(21)23-16(4,5)6/h9-12,19H,7-8,17-18H2,1-6H3/t9-,10-,11?,12?/m0/s1. The van der Waals surface area contributed by atoms with E-state index in [1.54, 1.807) is 41.5 Å². The van der Waals surface area contributed by atoms with Crippen LogP contribution in [0.25, 0.3) is 0 Å². The highest BCUT2D eigenvalue weighted by molar-refractivity contribution is 5.78. The molecule has 5 N–H and O–H groups in total. The number of esters is 2. The molecule has 134 valence electrons. The van der Waals surface area contributed by atoms with Gasteiger partial charge in [0.2, 0.25) is 0 Å². The summed E-state index contributed by atoms with van der Waals surface area (Å²) in [6, 6.07) is -1.66. The molecule has 0 spiro atoms. The van der Waals surface area contributed by atoms with Crippen molar-refractivity contribution >= 4 is 11.9 Å². The van der Waals surface area contributed by atoms with E-state index in [0.29, 0.717) is 13.1 Å². The maximum absolute atomic E-state index is 12.2. The monoisotopic (exact) mass is 329 g/mol. The Kier molecular flexibility index (Phi) is 6.18. The van der Waals surface area contributed by atoms with Gasteiger partial charge in [0.25, 0.3) is 0 Å². The first-order valence-electron chi connectivity index (χ1n) is 7.99. The van der Waals surface area contributed by atoms with E-state index in [2.05, 4.69) is 5.32 Å². The second-order valence-corrected chi connectivity index (χ2v) is 8.10. The van der Waals surface area contributed by atoms with Gasteiger partial charge in [0, 0.05) is 24.9 Å². The minimum absolute atomic E-state index is 0.271. The average molecular weight is 329 g/mol. The Labute approximate surface area is 138 Å². The largest absolute Gasteiger partial charge is 0.459 e. The number of carbonyl (C=O) groups excluding carboxylic acids is 2. The molecule has 1 aliphatic rings. The summed E-state index contributed by atoms with van der Waals surface area (Å²) in [7, 11) is 0. The summed E-state index contributed by atoms with van der Waals surface area (Å²) in [5, 5.41) is 3.14. The number of nitrogens with two attached hydrogens (primary N) is 2. The molecule has 1 rings (SSSR count). The van der Waals surface area contributed by atoms with Gasteiger partial charge in [-0.2, -0.15) is 0 Å². The van der Waals surface area contributed by atoms with Gasteiger partial charge in [0.1, 0.15) is 23.3 Å². The highest BCUT2D eigenvalue weighted by atomic mass is 16.6. The summed E-state index contributed by atoms with van der Waals surface area (Å²) in [6.45, 7) is 11.7. The fraction of sp³-hybridized carbons (Fsp3) is 0.875. The maximum Gasteiger partial charge on any atom is 0.323 e. The quantitative estimate of drug-likeness (QED) is 0.629. The van der Waals surface area contributed by atoms with Crippen LogP contribution < -0.4 is 16.8 Å². The molecular weight excluding hydrogens is 298 g/mol. The lowest BCUT2D eigenvalue weighted by Gasteiger charge is -2.30. The van der Waals surface area contributed by atoms with E-state index in [-0.39, 0.29) is 11.8 Å². The summed E-state index contributed by atoms with van der Waals surface area (Å²) >= 11 is 0. The Balaban J connectivity index is 2.76. The lowest BCUT2D eigenvalue weighted by molar-refractivity contribution is -0.161. The molecule has 2 unspecified atom stereocenters. The first kappa shape index (κ1) is 19.9. The van der Waals surface area contributed by atoms with E-state index in [9.17, 15) is 9.59 Å². The Hall–Kier alpha value is -1.18. The van der Waals surface area contributed by atoms with Gasteiger partial charge < -0.3 is 26.3 Å². The van der Waals surface area contributed by atoms with Crippen molar-refractivity contribution in [3.63, 3.8) is 0 Å². The van der Waals surface area contributed by atoms with Crippen molar-refractivity contribution in [1.29, 1.82) is 0 Å². The van der Waals surface area contributed by atoms with Crippen molar-refractivity contribution in [1.82, 2.24) is 5.32 Å². The topological polar surface area (TPSA) is 117 Å². The summed E-state index contributed by atoms with van der Waals surface area (Å²) in [5.74, 6) is -1.50. The predicted molar refractivity (Wildman–Crippen MR) is 87.5 cm³/mol. The maximum atomic E-state index is 12.2. The van der Waals surface area contributed by atoms with Crippen LogP contribution in [0.5, 0.6) is 0 Å². The molecule has 0 aromatic heterocycles. The second kappa shape index (κ2) is 7.15. The first-order valence-corrected chi connectivity index (χ1v) is 7.99. The normalized spacial score (nSPS) is 24.9. The van der Waals surface area contributed by atoms with Crippen molar-refractivity contribution in [2.45, 2.75) is 64.8 Å². The van der Waals surface area contributed by atoms with Gasteiger partial charge in [-0.05, 0) is 41.5 Å². The van der Waals surface area contributed by atoms with Crippen LogP contribution in [0.4, 0.5) is 0 Å². The van der Waals surface area contributed by atoms with E-state index >= 15 is 0 Å².